The average Bonchev–Trinajstić information content (AvgIpc) is 2.41. The largest absolute Gasteiger partial charge is 0.481 e. The predicted octanol–water partition coefficient (Wildman–Crippen LogP) is 3.41. The van der Waals surface area contributed by atoms with Crippen molar-refractivity contribution in [1.29, 1.82) is 0 Å². The molecule has 0 spiro atoms. The van der Waals surface area contributed by atoms with Crippen molar-refractivity contribution < 1.29 is 19.8 Å². The Morgan fingerprint density at radius 2 is 1.30 bits per heavy atom. The second-order valence-corrected chi connectivity index (χ2v) is 4.91. The molecule has 4 heteroatoms. The van der Waals surface area contributed by atoms with Crippen molar-refractivity contribution >= 4 is 11.9 Å². The van der Waals surface area contributed by atoms with Crippen molar-refractivity contribution in [3.8, 4) is 0 Å². The van der Waals surface area contributed by atoms with E-state index in [9.17, 15) is 19.8 Å². The first kappa shape index (κ1) is 16.2. The third-order valence-electron chi connectivity index (χ3n) is 3.34. The minimum Gasteiger partial charge on any atom is -0.481 e. The van der Waals surface area contributed by atoms with E-state index in [4.69, 9.17) is 0 Å². The van der Waals surface area contributed by atoms with Gasteiger partial charge in [0, 0.05) is 0 Å². The van der Waals surface area contributed by atoms with Crippen LogP contribution in [0.2, 0.25) is 0 Å². The fraction of sp³-hybridized carbons (Fsp3) is 0.500. The van der Waals surface area contributed by atoms with Crippen LogP contribution < -0.4 is 0 Å². The smallest absolute Gasteiger partial charge is 0.314 e. The van der Waals surface area contributed by atoms with Gasteiger partial charge in [0.25, 0.3) is 0 Å². The van der Waals surface area contributed by atoms with Crippen LogP contribution in [-0.2, 0) is 9.59 Å². The zero-order valence-electron chi connectivity index (χ0n) is 12.0. The van der Waals surface area contributed by atoms with Crippen LogP contribution in [0, 0.1) is 11.8 Å². The summed E-state index contributed by atoms with van der Waals surface area (Å²) in [7, 11) is 0. The number of hydrogen-bond acceptors (Lipinski definition) is 2. The van der Waals surface area contributed by atoms with E-state index < -0.39 is 23.8 Å². The molecule has 4 nitrogen and oxygen atoms in total. The van der Waals surface area contributed by atoms with Crippen molar-refractivity contribution in [3.63, 3.8) is 0 Å². The molecule has 0 radical (unpaired) electrons. The molecular formula is C16H22O4. The maximum absolute atomic E-state index is 11.4. The van der Waals surface area contributed by atoms with Gasteiger partial charge in [-0.05, 0) is 24.0 Å². The van der Waals surface area contributed by atoms with E-state index >= 15 is 0 Å². The standard InChI is InChI=1S/C16H22O4/c1-3-5-7-11-12(8-6-4-2)14(16(19)20)10-9-13(11)15(17)18/h7-10,13-14H,3-6H2,1-2H3,(H,17,18)(H,19,20). The highest BCUT2D eigenvalue weighted by atomic mass is 16.4. The normalized spacial score (nSPS) is 26.1. The minimum absolute atomic E-state index is 0.641. The second-order valence-electron chi connectivity index (χ2n) is 4.91. The van der Waals surface area contributed by atoms with Crippen LogP contribution in [0.4, 0.5) is 0 Å². The van der Waals surface area contributed by atoms with Crippen molar-refractivity contribution in [2.45, 2.75) is 39.5 Å². The molecule has 0 aromatic heterocycles. The van der Waals surface area contributed by atoms with E-state index in [0.717, 1.165) is 25.7 Å². The topological polar surface area (TPSA) is 74.6 Å². The molecule has 2 unspecified atom stereocenters. The SMILES string of the molecule is CCCC=C1C(=CCCC)C(C(=O)O)C=CC1C(=O)O. The highest BCUT2D eigenvalue weighted by molar-refractivity contribution is 5.84. The van der Waals surface area contributed by atoms with Gasteiger partial charge < -0.3 is 10.2 Å². The highest BCUT2D eigenvalue weighted by Gasteiger charge is 2.33. The van der Waals surface area contributed by atoms with Crippen LogP contribution in [0.5, 0.6) is 0 Å². The average molecular weight is 278 g/mol. The Morgan fingerprint density at radius 3 is 1.55 bits per heavy atom. The number of aliphatic carboxylic acids is 2. The Bertz CT molecular complexity index is 415. The Labute approximate surface area is 119 Å². The number of carboxylic acids is 2. The number of carboxylic acid groups (broad SMARTS) is 2. The number of hydrogen-bond donors (Lipinski definition) is 2. The van der Waals surface area contributed by atoms with Crippen molar-refractivity contribution in [1.82, 2.24) is 0 Å². The molecule has 0 aromatic carbocycles. The summed E-state index contributed by atoms with van der Waals surface area (Å²) in [5, 5.41) is 18.6. The Balaban J connectivity index is 3.28. The zero-order valence-corrected chi connectivity index (χ0v) is 12.0. The molecule has 0 fully saturated rings. The lowest BCUT2D eigenvalue weighted by Crippen LogP contribution is -2.26. The van der Waals surface area contributed by atoms with Gasteiger partial charge in [0.2, 0.25) is 0 Å². The third kappa shape index (κ3) is 3.83. The molecule has 1 aliphatic carbocycles. The van der Waals surface area contributed by atoms with Gasteiger partial charge in [-0.3, -0.25) is 9.59 Å². The van der Waals surface area contributed by atoms with E-state index in [1.807, 2.05) is 26.0 Å². The van der Waals surface area contributed by atoms with Crippen LogP contribution in [0.15, 0.2) is 35.5 Å². The molecule has 2 N–H and O–H groups in total. The number of carbonyl (C=O) groups is 2. The van der Waals surface area contributed by atoms with Crippen LogP contribution in [-0.4, -0.2) is 22.2 Å². The van der Waals surface area contributed by atoms with Gasteiger partial charge in [-0.25, -0.2) is 0 Å². The van der Waals surface area contributed by atoms with Gasteiger partial charge in [-0.15, -0.1) is 0 Å². The molecule has 0 bridgehead atoms. The molecule has 20 heavy (non-hydrogen) atoms. The van der Waals surface area contributed by atoms with Gasteiger partial charge in [-0.2, -0.15) is 0 Å². The van der Waals surface area contributed by atoms with Gasteiger partial charge in [-0.1, -0.05) is 51.0 Å². The molecule has 1 aliphatic rings. The molecule has 110 valence electrons. The molecule has 0 amide bonds. The van der Waals surface area contributed by atoms with Crippen molar-refractivity contribution in [2.24, 2.45) is 11.8 Å². The summed E-state index contributed by atoms with van der Waals surface area (Å²) in [5.41, 5.74) is 1.28. The first-order valence-electron chi connectivity index (χ1n) is 7.07. The van der Waals surface area contributed by atoms with E-state index in [0.29, 0.717) is 11.1 Å². The van der Waals surface area contributed by atoms with Gasteiger partial charge >= 0.3 is 11.9 Å². The summed E-state index contributed by atoms with van der Waals surface area (Å²) in [4.78, 5) is 22.7. The molecule has 0 aliphatic heterocycles. The van der Waals surface area contributed by atoms with E-state index in [1.54, 1.807) is 0 Å². The summed E-state index contributed by atoms with van der Waals surface area (Å²) in [6.45, 7) is 4.02. The number of rotatable bonds is 6. The fourth-order valence-corrected chi connectivity index (χ4v) is 2.31. The molecular weight excluding hydrogens is 256 g/mol. The lowest BCUT2D eigenvalue weighted by Gasteiger charge is -2.25. The number of unbranched alkanes of at least 4 members (excludes halogenated alkanes) is 2. The van der Waals surface area contributed by atoms with Crippen LogP contribution in [0.25, 0.3) is 0 Å². The predicted molar refractivity (Wildman–Crippen MR) is 77.4 cm³/mol. The van der Waals surface area contributed by atoms with E-state index in [2.05, 4.69) is 0 Å². The highest BCUT2D eigenvalue weighted by Crippen LogP contribution is 2.34. The molecule has 1 rings (SSSR count). The van der Waals surface area contributed by atoms with E-state index in [-0.39, 0.29) is 0 Å². The Morgan fingerprint density at radius 1 is 0.950 bits per heavy atom. The molecule has 0 saturated heterocycles. The lowest BCUT2D eigenvalue weighted by atomic mass is 9.78. The summed E-state index contributed by atoms with van der Waals surface area (Å²) >= 11 is 0. The summed E-state index contributed by atoms with van der Waals surface area (Å²) in [6, 6.07) is 0. The quantitative estimate of drug-likeness (QED) is 0.730. The van der Waals surface area contributed by atoms with Crippen molar-refractivity contribution in [2.75, 3.05) is 0 Å². The van der Waals surface area contributed by atoms with Gasteiger partial charge in [0.1, 0.15) is 0 Å². The third-order valence-corrected chi connectivity index (χ3v) is 3.34. The first-order chi connectivity index (χ1) is 9.52. The van der Waals surface area contributed by atoms with Gasteiger partial charge in [0.05, 0.1) is 11.8 Å². The fourth-order valence-electron chi connectivity index (χ4n) is 2.31. The Hall–Kier alpha value is -1.84. The number of allylic oxidation sites excluding steroid dienone is 2. The van der Waals surface area contributed by atoms with Crippen molar-refractivity contribution in [3.05, 3.63) is 35.5 Å². The monoisotopic (exact) mass is 278 g/mol. The van der Waals surface area contributed by atoms with Crippen LogP contribution in [0.1, 0.15) is 39.5 Å². The molecule has 0 heterocycles. The maximum Gasteiger partial charge on any atom is 0.314 e. The van der Waals surface area contributed by atoms with E-state index in [1.165, 1.54) is 12.2 Å². The summed E-state index contributed by atoms with van der Waals surface area (Å²) < 4.78 is 0. The summed E-state index contributed by atoms with van der Waals surface area (Å²) in [6.07, 6.45) is 10.0. The Kier molecular flexibility index (Phi) is 6.22. The van der Waals surface area contributed by atoms with Crippen LogP contribution >= 0.6 is 0 Å². The minimum atomic E-state index is -0.935. The second kappa shape index (κ2) is 7.68. The molecule has 2 atom stereocenters. The first-order valence-corrected chi connectivity index (χ1v) is 7.07. The summed E-state index contributed by atoms with van der Waals surface area (Å²) in [5.74, 6) is -3.34. The maximum atomic E-state index is 11.4. The lowest BCUT2D eigenvalue weighted by molar-refractivity contribution is -0.141. The molecule has 0 aromatic rings. The zero-order chi connectivity index (χ0) is 15.1. The molecule has 0 saturated carbocycles. The van der Waals surface area contributed by atoms with Gasteiger partial charge in [0.15, 0.2) is 0 Å². The van der Waals surface area contributed by atoms with Crippen LogP contribution in [0.3, 0.4) is 0 Å².